The van der Waals surface area contributed by atoms with Crippen LogP contribution in [0.25, 0.3) is 16.9 Å². The van der Waals surface area contributed by atoms with E-state index >= 15 is 0 Å². The maximum absolute atomic E-state index is 9.27. The maximum atomic E-state index is 9.27. The zero-order valence-corrected chi connectivity index (χ0v) is 11.8. The van der Waals surface area contributed by atoms with Gasteiger partial charge in [0.15, 0.2) is 5.69 Å². The second-order valence-corrected chi connectivity index (χ2v) is 4.84. The molecule has 2 heterocycles. The summed E-state index contributed by atoms with van der Waals surface area (Å²) in [5.41, 5.74) is 5.04. The van der Waals surface area contributed by atoms with Crippen molar-refractivity contribution in [2.75, 3.05) is 0 Å². The number of aryl methyl sites for hydroxylation is 2. The summed E-state index contributed by atoms with van der Waals surface area (Å²) in [7, 11) is 0. The molecule has 0 radical (unpaired) electrons. The maximum Gasteiger partial charge on any atom is 0.191 e. The summed E-state index contributed by atoms with van der Waals surface area (Å²) in [5.74, 6) is 0. The van der Waals surface area contributed by atoms with E-state index in [-0.39, 0.29) is 0 Å². The summed E-state index contributed by atoms with van der Waals surface area (Å²) >= 11 is 0. The van der Waals surface area contributed by atoms with E-state index in [0.29, 0.717) is 11.4 Å². The van der Waals surface area contributed by atoms with Gasteiger partial charge in [-0.3, -0.25) is 4.98 Å². The number of aromatic nitrogens is 4. The van der Waals surface area contributed by atoms with Crippen molar-refractivity contribution in [3.8, 4) is 23.0 Å². The third kappa shape index (κ3) is 2.28. The van der Waals surface area contributed by atoms with Crippen LogP contribution in [0.5, 0.6) is 0 Å². The van der Waals surface area contributed by atoms with Crippen molar-refractivity contribution in [3.63, 3.8) is 0 Å². The van der Waals surface area contributed by atoms with Crippen molar-refractivity contribution in [1.29, 1.82) is 5.26 Å². The molecule has 0 unspecified atom stereocenters. The Balaban J connectivity index is 2.26. The van der Waals surface area contributed by atoms with Crippen LogP contribution in [0.15, 0.2) is 42.7 Å². The first-order valence-electron chi connectivity index (χ1n) is 6.54. The molecule has 2 aromatic heterocycles. The van der Waals surface area contributed by atoms with Gasteiger partial charge in [0.1, 0.15) is 11.8 Å². The average Bonchev–Trinajstić information content (AvgIpc) is 2.92. The monoisotopic (exact) mass is 275 g/mol. The largest absolute Gasteiger partial charge is 0.265 e. The van der Waals surface area contributed by atoms with Crippen molar-refractivity contribution in [1.82, 2.24) is 20.0 Å². The summed E-state index contributed by atoms with van der Waals surface area (Å²) in [4.78, 5) is 4.01. The molecule has 1 aromatic carbocycles. The number of nitriles is 1. The molecule has 0 aliphatic heterocycles. The third-order valence-electron chi connectivity index (χ3n) is 3.31. The molecule has 5 nitrogen and oxygen atoms in total. The first-order chi connectivity index (χ1) is 10.2. The van der Waals surface area contributed by atoms with Crippen molar-refractivity contribution in [2.24, 2.45) is 0 Å². The van der Waals surface area contributed by atoms with Gasteiger partial charge in [-0.05, 0) is 37.6 Å². The van der Waals surface area contributed by atoms with Crippen LogP contribution in [0.4, 0.5) is 0 Å². The van der Waals surface area contributed by atoms with E-state index in [1.807, 2.05) is 38.1 Å². The second-order valence-electron chi connectivity index (χ2n) is 4.84. The molecular weight excluding hydrogens is 262 g/mol. The van der Waals surface area contributed by atoms with Crippen molar-refractivity contribution >= 4 is 0 Å². The lowest BCUT2D eigenvalue weighted by Crippen LogP contribution is -2.02. The van der Waals surface area contributed by atoms with Gasteiger partial charge in [-0.15, -0.1) is 5.10 Å². The van der Waals surface area contributed by atoms with Gasteiger partial charge in [-0.2, -0.15) is 5.26 Å². The molecule has 0 bridgehead atoms. The van der Waals surface area contributed by atoms with Gasteiger partial charge in [0, 0.05) is 18.0 Å². The van der Waals surface area contributed by atoms with E-state index in [1.54, 1.807) is 17.1 Å². The number of pyridine rings is 1. The summed E-state index contributed by atoms with van der Waals surface area (Å²) in [5, 5.41) is 17.4. The number of nitrogens with zero attached hydrogens (tertiary/aromatic N) is 5. The highest BCUT2D eigenvalue weighted by Gasteiger charge is 2.17. The van der Waals surface area contributed by atoms with E-state index in [4.69, 9.17) is 0 Å². The quantitative estimate of drug-likeness (QED) is 0.721. The Hall–Kier alpha value is -3.00. The fourth-order valence-electron chi connectivity index (χ4n) is 2.34. The van der Waals surface area contributed by atoms with Gasteiger partial charge < -0.3 is 0 Å². The molecule has 0 amide bonds. The van der Waals surface area contributed by atoms with Gasteiger partial charge >= 0.3 is 0 Å². The lowest BCUT2D eigenvalue weighted by molar-refractivity contribution is 0.801. The Labute approximate surface area is 122 Å². The molecule has 5 heteroatoms. The highest BCUT2D eigenvalue weighted by Crippen LogP contribution is 2.26. The number of benzene rings is 1. The number of hydrogen-bond donors (Lipinski definition) is 0. The predicted octanol–water partition coefficient (Wildman–Crippen LogP) is 2.82. The standard InChI is InChI=1S/C16H13N5/c1-11-3-4-15(12(2)9-11)21-16(14(10-17)19-20-21)13-5-7-18-8-6-13/h3-9H,1-2H3. The number of rotatable bonds is 2. The highest BCUT2D eigenvalue weighted by atomic mass is 15.4. The van der Waals surface area contributed by atoms with Gasteiger partial charge in [0.2, 0.25) is 0 Å². The Morgan fingerprint density at radius 2 is 1.86 bits per heavy atom. The topological polar surface area (TPSA) is 67.4 Å². The van der Waals surface area contributed by atoms with Crippen LogP contribution < -0.4 is 0 Å². The molecule has 0 saturated heterocycles. The average molecular weight is 275 g/mol. The van der Waals surface area contributed by atoms with Crippen LogP contribution >= 0.6 is 0 Å². The molecule has 0 spiro atoms. The van der Waals surface area contributed by atoms with Crippen LogP contribution in [0.1, 0.15) is 16.8 Å². The molecule has 0 atom stereocenters. The minimum absolute atomic E-state index is 0.307. The zero-order valence-electron chi connectivity index (χ0n) is 11.8. The van der Waals surface area contributed by atoms with E-state index in [1.165, 1.54) is 5.56 Å². The van der Waals surface area contributed by atoms with E-state index < -0.39 is 0 Å². The summed E-state index contributed by atoms with van der Waals surface area (Å²) in [6, 6.07) is 11.9. The van der Waals surface area contributed by atoms with Crippen molar-refractivity contribution in [2.45, 2.75) is 13.8 Å². The summed E-state index contributed by atoms with van der Waals surface area (Å²) in [6.07, 6.45) is 3.38. The van der Waals surface area contributed by atoms with Gasteiger partial charge in [0.05, 0.1) is 5.69 Å². The second kappa shape index (κ2) is 5.17. The van der Waals surface area contributed by atoms with Crippen LogP contribution in [0.2, 0.25) is 0 Å². The predicted molar refractivity (Wildman–Crippen MR) is 78.8 cm³/mol. The van der Waals surface area contributed by atoms with Gasteiger partial charge in [-0.25, -0.2) is 4.68 Å². The zero-order chi connectivity index (χ0) is 14.8. The Morgan fingerprint density at radius 1 is 1.10 bits per heavy atom. The Morgan fingerprint density at radius 3 is 2.52 bits per heavy atom. The van der Waals surface area contributed by atoms with Gasteiger partial charge in [0.25, 0.3) is 0 Å². The molecule has 21 heavy (non-hydrogen) atoms. The first kappa shape index (κ1) is 13.0. The number of hydrogen-bond acceptors (Lipinski definition) is 4. The Kier molecular flexibility index (Phi) is 3.20. The molecular formula is C16H13N5. The Bertz CT molecular complexity index is 828. The lowest BCUT2D eigenvalue weighted by Gasteiger charge is -2.10. The van der Waals surface area contributed by atoms with Crippen LogP contribution in [0.3, 0.4) is 0 Å². The molecule has 3 rings (SSSR count). The van der Waals surface area contributed by atoms with Crippen LogP contribution in [-0.2, 0) is 0 Å². The van der Waals surface area contributed by atoms with Crippen molar-refractivity contribution < 1.29 is 0 Å². The molecule has 3 aromatic rings. The minimum Gasteiger partial charge on any atom is -0.265 e. The van der Waals surface area contributed by atoms with E-state index in [2.05, 4.69) is 27.4 Å². The van der Waals surface area contributed by atoms with E-state index in [9.17, 15) is 5.26 Å². The smallest absolute Gasteiger partial charge is 0.191 e. The summed E-state index contributed by atoms with van der Waals surface area (Å²) in [6.45, 7) is 4.06. The summed E-state index contributed by atoms with van der Waals surface area (Å²) < 4.78 is 1.71. The fourth-order valence-corrected chi connectivity index (χ4v) is 2.34. The van der Waals surface area contributed by atoms with Gasteiger partial charge in [-0.1, -0.05) is 22.9 Å². The SMILES string of the molecule is Cc1ccc(-n2nnc(C#N)c2-c2ccncc2)c(C)c1. The van der Waals surface area contributed by atoms with Crippen LogP contribution in [0, 0.1) is 25.2 Å². The molecule has 0 fully saturated rings. The normalized spacial score (nSPS) is 10.3. The highest BCUT2D eigenvalue weighted by molar-refractivity contribution is 5.67. The molecule has 0 saturated carbocycles. The van der Waals surface area contributed by atoms with Crippen LogP contribution in [-0.4, -0.2) is 20.0 Å². The van der Waals surface area contributed by atoms with Crippen molar-refractivity contribution in [3.05, 3.63) is 59.5 Å². The van der Waals surface area contributed by atoms with E-state index in [0.717, 1.165) is 16.8 Å². The molecule has 0 N–H and O–H groups in total. The molecule has 102 valence electrons. The lowest BCUT2D eigenvalue weighted by atomic mass is 10.1. The molecule has 0 aliphatic rings. The minimum atomic E-state index is 0.307. The third-order valence-corrected chi connectivity index (χ3v) is 3.31. The fraction of sp³-hybridized carbons (Fsp3) is 0.125. The first-order valence-corrected chi connectivity index (χ1v) is 6.54. The molecule has 0 aliphatic carbocycles.